The maximum absolute atomic E-state index is 12.5. The Morgan fingerprint density at radius 3 is 2.40 bits per heavy atom. The zero-order valence-electron chi connectivity index (χ0n) is 15.1. The molecule has 0 saturated heterocycles. The SMILES string of the molecule is CC[C@H](C)NC(=O)COC(=O)c1cccc(S(=O)(=O)N(CC)CC)c1. The van der Waals surface area contributed by atoms with Crippen molar-refractivity contribution in [2.75, 3.05) is 19.7 Å². The van der Waals surface area contributed by atoms with Gasteiger partial charge in [-0.1, -0.05) is 26.8 Å². The van der Waals surface area contributed by atoms with Crippen molar-refractivity contribution < 1.29 is 22.7 Å². The first-order valence-electron chi connectivity index (χ1n) is 8.32. The van der Waals surface area contributed by atoms with E-state index in [-0.39, 0.29) is 16.5 Å². The first-order valence-corrected chi connectivity index (χ1v) is 9.76. The number of nitrogens with zero attached hydrogens (tertiary/aromatic N) is 1. The Kier molecular flexibility index (Phi) is 8.05. The quantitative estimate of drug-likeness (QED) is 0.669. The molecule has 0 unspecified atom stereocenters. The highest BCUT2D eigenvalue weighted by molar-refractivity contribution is 7.89. The average molecular weight is 370 g/mol. The van der Waals surface area contributed by atoms with Gasteiger partial charge in [0.25, 0.3) is 5.91 Å². The van der Waals surface area contributed by atoms with E-state index in [0.717, 1.165) is 6.42 Å². The van der Waals surface area contributed by atoms with Crippen LogP contribution in [0.25, 0.3) is 0 Å². The Labute approximate surface area is 149 Å². The number of ether oxygens (including phenoxy) is 1. The smallest absolute Gasteiger partial charge is 0.338 e. The normalized spacial score (nSPS) is 12.7. The van der Waals surface area contributed by atoms with Gasteiger partial charge in [-0.05, 0) is 31.5 Å². The number of benzene rings is 1. The summed E-state index contributed by atoms with van der Waals surface area (Å²) in [4.78, 5) is 23.8. The van der Waals surface area contributed by atoms with Crippen LogP contribution < -0.4 is 5.32 Å². The highest BCUT2D eigenvalue weighted by atomic mass is 32.2. The van der Waals surface area contributed by atoms with Crippen molar-refractivity contribution in [3.63, 3.8) is 0 Å². The number of hydrogen-bond acceptors (Lipinski definition) is 5. The fourth-order valence-corrected chi connectivity index (χ4v) is 3.63. The average Bonchev–Trinajstić information content (AvgIpc) is 2.60. The van der Waals surface area contributed by atoms with Crippen molar-refractivity contribution >= 4 is 21.9 Å². The fourth-order valence-electron chi connectivity index (χ4n) is 2.13. The minimum absolute atomic E-state index is 0.00579. The number of carbonyl (C=O) groups is 2. The van der Waals surface area contributed by atoms with E-state index in [9.17, 15) is 18.0 Å². The summed E-state index contributed by atoms with van der Waals surface area (Å²) in [5, 5.41) is 2.68. The second kappa shape index (κ2) is 9.53. The molecule has 0 aliphatic heterocycles. The van der Waals surface area contributed by atoms with Crippen LogP contribution in [-0.2, 0) is 19.6 Å². The van der Waals surface area contributed by atoms with Gasteiger partial charge in [-0.15, -0.1) is 0 Å². The molecule has 140 valence electrons. The second-order valence-electron chi connectivity index (χ2n) is 5.57. The molecule has 0 aliphatic carbocycles. The topological polar surface area (TPSA) is 92.8 Å². The van der Waals surface area contributed by atoms with Gasteiger partial charge in [-0.3, -0.25) is 4.79 Å². The molecule has 0 aromatic heterocycles. The van der Waals surface area contributed by atoms with Crippen molar-refractivity contribution in [2.45, 2.75) is 45.1 Å². The van der Waals surface area contributed by atoms with Gasteiger partial charge in [-0.2, -0.15) is 4.31 Å². The zero-order valence-corrected chi connectivity index (χ0v) is 15.9. The van der Waals surface area contributed by atoms with Crippen LogP contribution in [0.3, 0.4) is 0 Å². The van der Waals surface area contributed by atoms with Crippen LogP contribution in [0.2, 0.25) is 0 Å². The maximum Gasteiger partial charge on any atom is 0.338 e. The maximum atomic E-state index is 12.5. The summed E-state index contributed by atoms with van der Waals surface area (Å²) < 4.78 is 31.3. The van der Waals surface area contributed by atoms with Crippen LogP contribution in [0.4, 0.5) is 0 Å². The molecule has 8 heteroatoms. The Bertz CT molecular complexity index is 699. The molecule has 7 nitrogen and oxygen atoms in total. The summed E-state index contributed by atoms with van der Waals surface area (Å²) in [6.07, 6.45) is 0.769. The van der Waals surface area contributed by atoms with Gasteiger partial charge in [-0.25, -0.2) is 13.2 Å². The van der Waals surface area contributed by atoms with E-state index in [1.54, 1.807) is 13.8 Å². The third-order valence-electron chi connectivity index (χ3n) is 3.77. The minimum Gasteiger partial charge on any atom is -0.452 e. The van der Waals surface area contributed by atoms with E-state index in [0.29, 0.717) is 13.1 Å². The van der Waals surface area contributed by atoms with Crippen molar-refractivity contribution in [3.05, 3.63) is 29.8 Å². The van der Waals surface area contributed by atoms with Gasteiger partial charge in [0, 0.05) is 19.1 Å². The number of hydrogen-bond donors (Lipinski definition) is 1. The third kappa shape index (κ3) is 5.82. The first-order chi connectivity index (χ1) is 11.8. The van der Waals surface area contributed by atoms with Gasteiger partial charge in [0.2, 0.25) is 10.0 Å². The van der Waals surface area contributed by atoms with Crippen LogP contribution >= 0.6 is 0 Å². The summed E-state index contributed by atoms with van der Waals surface area (Å²) in [6.45, 7) is 7.53. The molecule has 0 spiro atoms. The molecule has 0 aliphatic rings. The third-order valence-corrected chi connectivity index (χ3v) is 5.81. The molecule has 1 aromatic carbocycles. The second-order valence-corrected chi connectivity index (χ2v) is 7.51. The van der Waals surface area contributed by atoms with Crippen LogP contribution in [0.15, 0.2) is 29.2 Å². The van der Waals surface area contributed by atoms with Gasteiger partial charge < -0.3 is 10.1 Å². The molecule has 0 saturated carbocycles. The summed E-state index contributed by atoms with van der Waals surface area (Å²) in [5.41, 5.74) is 0.0876. The standard InChI is InChI=1S/C17H26N2O5S/c1-5-13(4)18-16(20)12-24-17(21)14-9-8-10-15(11-14)25(22,23)19(6-2)7-3/h8-11,13H,5-7,12H2,1-4H3,(H,18,20)/t13-/m0/s1. The minimum atomic E-state index is -3.66. The van der Waals surface area contributed by atoms with Crippen LogP contribution in [0.5, 0.6) is 0 Å². The van der Waals surface area contributed by atoms with Crippen LogP contribution in [-0.4, -0.2) is 50.3 Å². The molecule has 1 amide bonds. The Hall–Kier alpha value is -1.93. The fraction of sp³-hybridized carbons (Fsp3) is 0.529. The van der Waals surface area contributed by atoms with Gasteiger partial charge in [0.15, 0.2) is 6.61 Å². The summed E-state index contributed by atoms with van der Waals surface area (Å²) >= 11 is 0. The zero-order chi connectivity index (χ0) is 19.0. The van der Waals surface area contributed by atoms with E-state index in [4.69, 9.17) is 4.74 Å². The lowest BCUT2D eigenvalue weighted by Gasteiger charge is -2.18. The van der Waals surface area contributed by atoms with Crippen molar-refractivity contribution in [3.8, 4) is 0 Å². The monoisotopic (exact) mass is 370 g/mol. The number of carbonyl (C=O) groups excluding carboxylic acids is 2. The molecule has 0 radical (unpaired) electrons. The predicted molar refractivity (Wildman–Crippen MR) is 94.7 cm³/mol. The molecule has 1 rings (SSSR count). The predicted octanol–water partition coefficient (Wildman–Crippen LogP) is 1.79. The number of nitrogens with one attached hydrogen (secondary N) is 1. The molecular weight excluding hydrogens is 344 g/mol. The van der Waals surface area contributed by atoms with Crippen LogP contribution in [0, 0.1) is 0 Å². The number of esters is 1. The number of amides is 1. The largest absolute Gasteiger partial charge is 0.452 e. The summed E-state index contributed by atoms with van der Waals surface area (Å²) in [6, 6.07) is 5.62. The Balaban J connectivity index is 2.84. The molecule has 0 heterocycles. The van der Waals surface area contributed by atoms with Gasteiger partial charge in [0.1, 0.15) is 0 Å². The van der Waals surface area contributed by atoms with E-state index < -0.39 is 28.5 Å². The van der Waals surface area contributed by atoms with E-state index in [1.165, 1.54) is 28.6 Å². The summed E-state index contributed by atoms with van der Waals surface area (Å²) in [5.74, 6) is -1.13. The lowest BCUT2D eigenvalue weighted by Crippen LogP contribution is -2.35. The number of sulfonamides is 1. The van der Waals surface area contributed by atoms with E-state index >= 15 is 0 Å². The lowest BCUT2D eigenvalue weighted by atomic mass is 10.2. The van der Waals surface area contributed by atoms with Gasteiger partial charge in [0.05, 0.1) is 10.5 Å². The van der Waals surface area contributed by atoms with Gasteiger partial charge >= 0.3 is 5.97 Å². The Morgan fingerprint density at radius 1 is 1.20 bits per heavy atom. The molecule has 0 bridgehead atoms. The molecule has 1 N–H and O–H groups in total. The highest BCUT2D eigenvalue weighted by Gasteiger charge is 2.23. The molecule has 25 heavy (non-hydrogen) atoms. The molecule has 1 aromatic rings. The highest BCUT2D eigenvalue weighted by Crippen LogP contribution is 2.17. The summed E-state index contributed by atoms with van der Waals surface area (Å²) in [7, 11) is -3.66. The van der Waals surface area contributed by atoms with Crippen molar-refractivity contribution in [1.82, 2.24) is 9.62 Å². The van der Waals surface area contributed by atoms with E-state index in [1.807, 2.05) is 13.8 Å². The van der Waals surface area contributed by atoms with Crippen molar-refractivity contribution in [2.24, 2.45) is 0 Å². The van der Waals surface area contributed by atoms with Crippen LogP contribution in [0.1, 0.15) is 44.5 Å². The first kappa shape index (κ1) is 21.1. The Morgan fingerprint density at radius 2 is 1.84 bits per heavy atom. The molecule has 1 atom stereocenters. The molecule has 0 fully saturated rings. The lowest BCUT2D eigenvalue weighted by molar-refractivity contribution is -0.124. The molecular formula is C17H26N2O5S. The van der Waals surface area contributed by atoms with E-state index in [2.05, 4.69) is 5.32 Å². The number of rotatable bonds is 9. The van der Waals surface area contributed by atoms with Crippen molar-refractivity contribution in [1.29, 1.82) is 0 Å².